The first-order chi connectivity index (χ1) is 4.86. The van der Waals surface area contributed by atoms with Crippen LogP contribution in [-0.2, 0) is 0 Å². The van der Waals surface area contributed by atoms with Crippen LogP contribution in [0.3, 0.4) is 0 Å². The van der Waals surface area contributed by atoms with Crippen LogP contribution in [0.4, 0.5) is 0 Å². The molecule has 0 saturated carbocycles. The maximum absolute atomic E-state index is 2.31. The van der Waals surface area contributed by atoms with Gasteiger partial charge in [-0.15, -0.1) is 0 Å². The molecule has 1 aliphatic heterocycles. The fourth-order valence-corrected chi connectivity index (χ4v) is 1.75. The molecule has 0 aromatic carbocycles. The maximum atomic E-state index is 2.31. The van der Waals surface area contributed by atoms with Gasteiger partial charge in [0.2, 0.25) is 0 Å². The molecule has 0 aromatic rings. The van der Waals surface area contributed by atoms with Gasteiger partial charge in [-0.1, -0.05) is 0 Å². The first-order valence-corrected chi connectivity index (χ1v) is 4.57. The molecule has 2 radical (unpaired) electrons. The molecule has 0 aromatic heterocycles. The van der Waals surface area contributed by atoms with Crippen LogP contribution in [-0.4, -0.2) is 38.0 Å². The van der Waals surface area contributed by atoms with E-state index in [4.69, 9.17) is 0 Å². The van der Waals surface area contributed by atoms with E-state index in [2.05, 4.69) is 41.1 Å². The van der Waals surface area contributed by atoms with Crippen molar-refractivity contribution in [2.45, 2.75) is 13.8 Å². The Morgan fingerprint density at radius 2 is 2.30 bits per heavy atom. The summed E-state index contributed by atoms with van der Waals surface area (Å²) in [7, 11) is 0.808. The second kappa shape index (κ2) is 3.56. The van der Waals surface area contributed by atoms with E-state index in [0.717, 1.165) is 22.9 Å². The molecule has 0 spiro atoms. The Kier molecular flexibility index (Phi) is 2.68. The Labute approximate surface area is 64.8 Å². The number of hydrogen-bond donors (Lipinski definition) is 0. The molecular weight excluding hydrogens is 140 g/mol. The molecule has 0 aliphatic carbocycles. The summed E-state index contributed by atoms with van der Waals surface area (Å²) in [5, 5.41) is 0. The van der Waals surface area contributed by atoms with Crippen molar-refractivity contribution in [2.75, 3.05) is 13.1 Å². The third-order valence-electron chi connectivity index (χ3n) is 1.47. The van der Waals surface area contributed by atoms with Crippen molar-refractivity contribution in [3.05, 3.63) is 12.3 Å². The Morgan fingerprint density at radius 1 is 1.50 bits per heavy atom. The van der Waals surface area contributed by atoms with Gasteiger partial charge in [-0.2, -0.15) is 0 Å². The average molecular weight is 153 g/mol. The molecule has 0 N–H and O–H groups in total. The van der Waals surface area contributed by atoms with Crippen LogP contribution < -0.4 is 0 Å². The van der Waals surface area contributed by atoms with Crippen molar-refractivity contribution in [2.24, 2.45) is 0 Å². The topological polar surface area (TPSA) is 6.25 Å². The van der Waals surface area contributed by atoms with Crippen molar-refractivity contribution in [3.8, 4) is 0 Å². The Morgan fingerprint density at radius 3 is 2.90 bits per heavy atom. The first kappa shape index (κ1) is 7.53. The summed E-state index contributed by atoms with van der Waals surface area (Å²) in [6.07, 6.45) is 6.39. The minimum atomic E-state index is 0.808. The molecule has 0 saturated heterocycles. The van der Waals surface area contributed by atoms with E-state index >= 15 is 0 Å². The van der Waals surface area contributed by atoms with Gasteiger partial charge in [-0.05, 0) is 13.8 Å². The van der Waals surface area contributed by atoms with Crippen molar-refractivity contribution in [1.29, 1.82) is 0 Å². The van der Waals surface area contributed by atoms with Crippen LogP contribution >= 0.6 is 0 Å². The monoisotopic (exact) mass is 153 g/mol. The highest BCUT2D eigenvalue weighted by molar-refractivity contribution is 6.23. The van der Waals surface area contributed by atoms with E-state index in [1.807, 2.05) is 0 Å². The number of nitrogens with zero attached hydrogens (tertiary/aromatic N) is 2. The quantitative estimate of drug-likeness (QED) is 0.523. The molecule has 2 nitrogen and oxygen atoms in total. The standard InChI is InChI=1S/C7H13N2Si/c1-3-8-6-5-7-9(4-2)10-8/h5-7H,3-4H2,1-2H3/q+1. The van der Waals surface area contributed by atoms with Gasteiger partial charge in [0.25, 0.3) is 0 Å². The molecule has 1 heterocycles. The largest absolute Gasteiger partial charge is 0.643 e. The molecular formula is C7H13N2Si+. The smallest absolute Gasteiger partial charge is 0.344 e. The second-order valence-electron chi connectivity index (χ2n) is 2.16. The van der Waals surface area contributed by atoms with Crippen LogP contribution in [0.15, 0.2) is 12.3 Å². The molecule has 1 aliphatic rings. The van der Waals surface area contributed by atoms with E-state index in [-0.39, 0.29) is 0 Å². The minimum Gasteiger partial charge on any atom is -0.344 e. The molecule has 10 heavy (non-hydrogen) atoms. The number of rotatable bonds is 2. The fourth-order valence-electron chi connectivity index (χ4n) is 0.830. The van der Waals surface area contributed by atoms with E-state index in [1.54, 1.807) is 0 Å². The fraction of sp³-hybridized carbons (Fsp3) is 0.571. The SMILES string of the molecule is CCN1C=CC=[N+](CC)[Si]1. The van der Waals surface area contributed by atoms with Crippen LogP contribution in [0.5, 0.6) is 0 Å². The molecule has 0 fully saturated rings. The molecule has 3 heteroatoms. The van der Waals surface area contributed by atoms with Gasteiger partial charge in [0, 0.05) is 18.8 Å². The zero-order valence-corrected chi connectivity index (χ0v) is 7.54. The Balaban J connectivity index is 2.50. The molecule has 1 rings (SSSR count). The zero-order chi connectivity index (χ0) is 7.40. The van der Waals surface area contributed by atoms with Crippen molar-refractivity contribution in [3.63, 3.8) is 0 Å². The number of allylic oxidation sites excluding steroid dienone is 1. The summed E-state index contributed by atoms with van der Waals surface area (Å²) in [6.45, 7) is 6.57. The summed E-state index contributed by atoms with van der Waals surface area (Å²) in [6, 6.07) is 0. The first-order valence-electron chi connectivity index (χ1n) is 3.68. The highest BCUT2D eigenvalue weighted by Gasteiger charge is 2.16. The second-order valence-corrected chi connectivity index (χ2v) is 3.51. The van der Waals surface area contributed by atoms with Gasteiger partial charge < -0.3 is 4.57 Å². The van der Waals surface area contributed by atoms with Gasteiger partial charge in [-0.3, -0.25) is 4.24 Å². The number of hydrogen-bond acceptors (Lipinski definition) is 1. The third kappa shape index (κ3) is 1.70. The van der Waals surface area contributed by atoms with Crippen LogP contribution in [0.2, 0.25) is 0 Å². The molecule has 0 bridgehead atoms. The van der Waals surface area contributed by atoms with Crippen LogP contribution in [0, 0.1) is 0 Å². The average Bonchev–Trinajstić information content (AvgIpc) is 2.05. The van der Waals surface area contributed by atoms with E-state index < -0.39 is 0 Å². The Hall–Kier alpha value is -0.573. The molecule has 0 atom stereocenters. The summed E-state index contributed by atoms with van der Waals surface area (Å²) in [4.78, 5) is 0. The normalized spacial score (nSPS) is 17.4. The zero-order valence-electron chi connectivity index (χ0n) is 6.54. The minimum absolute atomic E-state index is 0.808. The highest BCUT2D eigenvalue weighted by Crippen LogP contribution is 1.91. The summed E-state index contributed by atoms with van der Waals surface area (Å²) in [5.41, 5.74) is 0. The van der Waals surface area contributed by atoms with Gasteiger partial charge in [0.1, 0.15) is 12.8 Å². The van der Waals surface area contributed by atoms with Crippen LogP contribution in [0.1, 0.15) is 13.8 Å². The van der Waals surface area contributed by atoms with E-state index in [0.29, 0.717) is 0 Å². The summed E-state index contributed by atoms with van der Waals surface area (Å²) < 4.78 is 4.62. The van der Waals surface area contributed by atoms with Gasteiger partial charge in [0.05, 0.1) is 0 Å². The van der Waals surface area contributed by atoms with Crippen molar-refractivity contribution in [1.82, 2.24) is 4.57 Å². The van der Waals surface area contributed by atoms with Gasteiger partial charge in [0.15, 0.2) is 0 Å². The van der Waals surface area contributed by atoms with E-state index in [1.165, 1.54) is 0 Å². The lowest BCUT2D eigenvalue weighted by Gasteiger charge is -2.13. The molecule has 0 amide bonds. The van der Waals surface area contributed by atoms with Crippen LogP contribution in [0.25, 0.3) is 0 Å². The van der Waals surface area contributed by atoms with Gasteiger partial charge in [-0.25, -0.2) is 0 Å². The lowest BCUT2D eigenvalue weighted by atomic mass is 10.6. The lowest BCUT2D eigenvalue weighted by molar-refractivity contribution is -0.379. The third-order valence-corrected chi connectivity index (χ3v) is 2.91. The Bertz CT molecular complexity index is 163. The summed E-state index contributed by atoms with van der Waals surface area (Å²) >= 11 is 0. The lowest BCUT2D eigenvalue weighted by Crippen LogP contribution is -2.35. The van der Waals surface area contributed by atoms with Crippen molar-refractivity contribution < 1.29 is 4.24 Å². The van der Waals surface area contributed by atoms with Gasteiger partial charge >= 0.3 is 9.84 Å². The highest BCUT2D eigenvalue weighted by atomic mass is 28.2. The van der Waals surface area contributed by atoms with Crippen molar-refractivity contribution >= 4 is 16.1 Å². The predicted molar refractivity (Wildman–Crippen MR) is 44.1 cm³/mol. The maximum Gasteiger partial charge on any atom is 0.643 e. The summed E-state index contributed by atoms with van der Waals surface area (Å²) in [5.74, 6) is 0. The predicted octanol–water partition coefficient (Wildman–Crippen LogP) is 0.473. The molecule has 0 unspecified atom stereocenters. The van der Waals surface area contributed by atoms with E-state index in [9.17, 15) is 0 Å². The molecule has 54 valence electrons.